The van der Waals surface area contributed by atoms with E-state index in [4.69, 9.17) is 4.74 Å². The van der Waals surface area contributed by atoms with Gasteiger partial charge in [0, 0.05) is 18.2 Å². The van der Waals surface area contributed by atoms with Crippen molar-refractivity contribution in [1.29, 1.82) is 0 Å². The third-order valence-corrected chi connectivity index (χ3v) is 3.47. The van der Waals surface area contributed by atoms with Gasteiger partial charge in [-0.2, -0.15) is 0 Å². The normalized spacial score (nSPS) is 11.9. The molecule has 0 aliphatic carbocycles. The van der Waals surface area contributed by atoms with Crippen LogP contribution in [0.5, 0.6) is 5.75 Å². The molecule has 1 aromatic rings. The van der Waals surface area contributed by atoms with E-state index in [9.17, 15) is 0 Å². The molecule has 0 amide bonds. The van der Waals surface area contributed by atoms with Crippen LogP contribution in [0.3, 0.4) is 0 Å². The first-order valence-corrected chi connectivity index (χ1v) is 7.72. The quantitative estimate of drug-likeness (QED) is 0.813. The molecule has 3 heteroatoms. The van der Waals surface area contributed by atoms with E-state index in [1.165, 1.54) is 5.56 Å². The summed E-state index contributed by atoms with van der Waals surface area (Å²) in [5.74, 6) is 0.972. The maximum Gasteiger partial charge on any atom is 0.137 e. The van der Waals surface area contributed by atoms with Crippen molar-refractivity contribution < 1.29 is 4.74 Å². The zero-order valence-corrected chi connectivity index (χ0v) is 14.3. The predicted molar refractivity (Wildman–Crippen MR) is 85.7 cm³/mol. The SMILES string of the molecule is CC(C)NCc1cccc(Br)c1OCCC(C)(C)C. The lowest BCUT2D eigenvalue weighted by Gasteiger charge is -2.20. The van der Waals surface area contributed by atoms with Crippen LogP contribution in [-0.4, -0.2) is 12.6 Å². The number of ether oxygens (including phenoxy) is 1. The number of benzene rings is 1. The highest BCUT2D eigenvalue weighted by Gasteiger charge is 2.13. The average molecular weight is 328 g/mol. The van der Waals surface area contributed by atoms with Gasteiger partial charge in [0.15, 0.2) is 0 Å². The van der Waals surface area contributed by atoms with Crippen molar-refractivity contribution in [3.05, 3.63) is 28.2 Å². The molecule has 108 valence electrons. The van der Waals surface area contributed by atoms with Crippen molar-refractivity contribution in [3.63, 3.8) is 0 Å². The molecule has 0 atom stereocenters. The Labute approximate surface area is 126 Å². The van der Waals surface area contributed by atoms with Crippen LogP contribution in [-0.2, 0) is 6.54 Å². The summed E-state index contributed by atoms with van der Waals surface area (Å²) in [6, 6.07) is 6.68. The van der Waals surface area contributed by atoms with Gasteiger partial charge in [-0.25, -0.2) is 0 Å². The molecule has 19 heavy (non-hydrogen) atoms. The lowest BCUT2D eigenvalue weighted by atomic mass is 9.93. The minimum absolute atomic E-state index is 0.303. The molecule has 1 aromatic carbocycles. The van der Waals surface area contributed by atoms with Crippen LogP contribution in [0.1, 0.15) is 46.6 Å². The number of rotatable bonds is 6. The zero-order chi connectivity index (χ0) is 14.5. The molecule has 0 unspecified atom stereocenters. The van der Waals surface area contributed by atoms with Gasteiger partial charge in [0.1, 0.15) is 5.75 Å². The molecular weight excluding hydrogens is 302 g/mol. The fourth-order valence-corrected chi connectivity index (χ4v) is 2.15. The van der Waals surface area contributed by atoms with Crippen molar-refractivity contribution in [2.24, 2.45) is 5.41 Å². The monoisotopic (exact) mass is 327 g/mol. The van der Waals surface area contributed by atoms with Gasteiger partial charge in [-0.1, -0.05) is 46.8 Å². The third kappa shape index (κ3) is 6.44. The lowest BCUT2D eigenvalue weighted by Crippen LogP contribution is -2.22. The highest BCUT2D eigenvalue weighted by Crippen LogP contribution is 2.30. The summed E-state index contributed by atoms with van der Waals surface area (Å²) in [6.45, 7) is 12.6. The maximum absolute atomic E-state index is 5.99. The Balaban J connectivity index is 2.69. The second kappa shape index (κ2) is 7.30. The second-order valence-electron chi connectivity index (χ2n) is 6.42. The molecule has 0 bridgehead atoms. The van der Waals surface area contributed by atoms with Crippen LogP contribution in [0.2, 0.25) is 0 Å². The number of hydrogen-bond donors (Lipinski definition) is 1. The highest BCUT2D eigenvalue weighted by molar-refractivity contribution is 9.10. The summed E-state index contributed by atoms with van der Waals surface area (Å²) in [5.41, 5.74) is 1.51. The van der Waals surface area contributed by atoms with Gasteiger partial charge < -0.3 is 10.1 Å². The molecule has 1 N–H and O–H groups in total. The molecular formula is C16H26BrNO. The summed E-state index contributed by atoms with van der Waals surface area (Å²) in [5, 5.41) is 3.44. The van der Waals surface area contributed by atoms with Crippen molar-refractivity contribution in [3.8, 4) is 5.75 Å². The van der Waals surface area contributed by atoms with Crippen molar-refractivity contribution in [1.82, 2.24) is 5.32 Å². The van der Waals surface area contributed by atoms with E-state index >= 15 is 0 Å². The Morgan fingerprint density at radius 1 is 1.26 bits per heavy atom. The van der Waals surface area contributed by atoms with E-state index in [0.29, 0.717) is 11.5 Å². The van der Waals surface area contributed by atoms with Crippen LogP contribution < -0.4 is 10.1 Å². The first-order valence-electron chi connectivity index (χ1n) is 6.93. The first kappa shape index (κ1) is 16.5. The molecule has 2 nitrogen and oxygen atoms in total. The highest BCUT2D eigenvalue weighted by atomic mass is 79.9. The van der Waals surface area contributed by atoms with Gasteiger partial charge in [0.25, 0.3) is 0 Å². The summed E-state index contributed by atoms with van der Waals surface area (Å²) < 4.78 is 7.02. The Bertz CT molecular complexity index is 396. The van der Waals surface area contributed by atoms with Gasteiger partial charge in [-0.3, -0.25) is 0 Å². The second-order valence-corrected chi connectivity index (χ2v) is 7.28. The topological polar surface area (TPSA) is 21.3 Å². The van der Waals surface area contributed by atoms with Crippen LogP contribution in [0.25, 0.3) is 0 Å². The van der Waals surface area contributed by atoms with Crippen molar-refractivity contribution >= 4 is 15.9 Å². The fourth-order valence-electron chi connectivity index (χ4n) is 1.63. The van der Waals surface area contributed by atoms with Gasteiger partial charge in [-0.05, 0) is 33.8 Å². The number of hydrogen-bond acceptors (Lipinski definition) is 2. The van der Waals surface area contributed by atoms with Gasteiger partial charge in [-0.15, -0.1) is 0 Å². The van der Waals surface area contributed by atoms with E-state index in [1.807, 2.05) is 6.07 Å². The van der Waals surface area contributed by atoms with E-state index in [-0.39, 0.29) is 0 Å². The van der Waals surface area contributed by atoms with E-state index in [0.717, 1.165) is 29.8 Å². The molecule has 0 radical (unpaired) electrons. The number of para-hydroxylation sites is 1. The Morgan fingerprint density at radius 3 is 2.53 bits per heavy atom. The van der Waals surface area contributed by atoms with E-state index in [1.54, 1.807) is 0 Å². The summed E-state index contributed by atoms with van der Waals surface area (Å²) in [4.78, 5) is 0. The third-order valence-electron chi connectivity index (χ3n) is 2.85. The minimum atomic E-state index is 0.303. The summed E-state index contributed by atoms with van der Waals surface area (Å²) >= 11 is 3.58. The van der Waals surface area contributed by atoms with Crippen molar-refractivity contribution in [2.45, 2.75) is 53.6 Å². The smallest absolute Gasteiger partial charge is 0.137 e. The largest absolute Gasteiger partial charge is 0.492 e. The molecule has 0 aliphatic rings. The van der Waals surface area contributed by atoms with Crippen LogP contribution in [0.15, 0.2) is 22.7 Å². The average Bonchev–Trinajstić information content (AvgIpc) is 2.27. The number of nitrogens with one attached hydrogen (secondary N) is 1. The summed E-state index contributed by atoms with van der Waals surface area (Å²) in [7, 11) is 0. The van der Waals surface area contributed by atoms with Crippen LogP contribution in [0, 0.1) is 5.41 Å². The van der Waals surface area contributed by atoms with E-state index < -0.39 is 0 Å². The van der Waals surface area contributed by atoms with Gasteiger partial charge in [0.05, 0.1) is 11.1 Å². The van der Waals surface area contributed by atoms with Crippen molar-refractivity contribution in [2.75, 3.05) is 6.61 Å². The van der Waals surface area contributed by atoms with Crippen LogP contribution >= 0.6 is 15.9 Å². The van der Waals surface area contributed by atoms with Gasteiger partial charge in [0.2, 0.25) is 0 Å². The standard InChI is InChI=1S/C16H26BrNO/c1-12(2)18-11-13-7-6-8-14(17)15(13)19-10-9-16(3,4)5/h6-8,12,18H,9-11H2,1-5H3. The Morgan fingerprint density at radius 2 is 1.95 bits per heavy atom. The Hall–Kier alpha value is -0.540. The summed E-state index contributed by atoms with van der Waals surface area (Å²) in [6.07, 6.45) is 1.05. The molecule has 0 heterocycles. The Kier molecular flexibility index (Phi) is 6.34. The van der Waals surface area contributed by atoms with Gasteiger partial charge >= 0.3 is 0 Å². The maximum atomic E-state index is 5.99. The molecule has 0 saturated heterocycles. The minimum Gasteiger partial charge on any atom is -0.492 e. The molecule has 0 aliphatic heterocycles. The predicted octanol–water partition coefficient (Wildman–Crippen LogP) is 4.76. The number of halogens is 1. The van der Waals surface area contributed by atoms with Crippen LogP contribution in [0.4, 0.5) is 0 Å². The zero-order valence-electron chi connectivity index (χ0n) is 12.7. The molecule has 0 spiro atoms. The molecule has 0 saturated carbocycles. The lowest BCUT2D eigenvalue weighted by molar-refractivity contribution is 0.240. The molecule has 0 fully saturated rings. The molecule has 0 aromatic heterocycles. The first-order chi connectivity index (χ1) is 8.79. The fraction of sp³-hybridized carbons (Fsp3) is 0.625. The molecule has 1 rings (SSSR count). The van der Waals surface area contributed by atoms with E-state index in [2.05, 4.69) is 68.0 Å².